The van der Waals surface area contributed by atoms with E-state index in [2.05, 4.69) is 15.3 Å². The van der Waals surface area contributed by atoms with Crippen LogP contribution in [0.4, 0.5) is 0 Å². The second kappa shape index (κ2) is 9.91. The Bertz CT molecular complexity index is 852. The van der Waals surface area contributed by atoms with E-state index in [9.17, 15) is 14.4 Å². The molecular formula is C19H23N3O4S. The molecule has 0 radical (unpaired) electrons. The molecule has 0 unspecified atom stereocenters. The normalized spacial score (nSPS) is 11.7. The van der Waals surface area contributed by atoms with Gasteiger partial charge in [-0.25, -0.2) is 9.78 Å². The number of methoxy groups -OCH3 is 1. The van der Waals surface area contributed by atoms with Gasteiger partial charge < -0.3 is 15.0 Å². The van der Waals surface area contributed by atoms with Gasteiger partial charge in [-0.15, -0.1) is 0 Å². The first kappa shape index (κ1) is 20.7. The van der Waals surface area contributed by atoms with Crippen molar-refractivity contribution in [3.05, 3.63) is 57.5 Å². The number of amides is 1. The topological polar surface area (TPSA) is 101 Å². The smallest absolute Gasteiger partial charge is 0.328 e. The summed E-state index contributed by atoms with van der Waals surface area (Å²) in [6.07, 6.45) is 2.48. The molecule has 27 heavy (non-hydrogen) atoms. The maximum absolute atomic E-state index is 12.3. The van der Waals surface area contributed by atoms with Gasteiger partial charge in [0.1, 0.15) is 6.04 Å². The molecule has 1 atom stereocenters. The molecule has 2 aromatic rings. The SMILES string of the molecule is COC(=O)[C@@H](Cc1ccccc1)NC(=O)CCc1c(C)nc(SC)[nH]c1=O. The fraction of sp³-hybridized carbons (Fsp3) is 0.368. The van der Waals surface area contributed by atoms with Crippen LogP contribution in [0.1, 0.15) is 23.2 Å². The standard InChI is InChI=1S/C19H23N3O4S/c1-12-14(17(24)22-19(20-12)27-3)9-10-16(23)21-15(18(25)26-2)11-13-7-5-4-6-8-13/h4-8,15H,9-11H2,1-3H3,(H,21,23)(H,20,22,24)/t15-/m1/s1. The quantitative estimate of drug-likeness (QED) is 0.404. The molecule has 0 spiro atoms. The van der Waals surface area contributed by atoms with Gasteiger partial charge in [-0.2, -0.15) is 0 Å². The molecule has 0 aliphatic heterocycles. The molecule has 1 aromatic heterocycles. The molecule has 1 aromatic carbocycles. The van der Waals surface area contributed by atoms with E-state index in [-0.39, 0.29) is 24.3 Å². The number of ether oxygens (including phenoxy) is 1. The van der Waals surface area contributed by atoms with Gasteiger partial charge in [0.25, 0.3) is 5.56 Å². The van der Waals surface area contributed by atoms with Crippen LogP contribution in [0.2, 0.25) is 0 Å². The van der Waals surface area contributed by atoms with E-state index < -0.39 is 12.0 Å². The second-order valence-electron chi connectivity index (χ2n) is 5.97. The first-order chi connectivity index (χ1) is 12.9. The van der Waals surface area contributed by atoms with E-state index in [1.54, 1.807) is 6.92 Å². The van der Waals surface area contributed by atoms with Crippen molar-refractivity contribution >= 4 is 23.6 Å². The highest BCUT2D eigenvalue weighted by Crippen LogP contribution is 2.10. The Labute approximate surface area is 161 Å². The third kappa shape index (κ3) is 5.96. The number of rotatable bonds is 8. The highest BCUT2D eigenvalue weighted by atomic mass is 32.2. The van der Waals surface area contributed by atoms with Crippen molar-refractivity contribution in [1.29, 1.82) is 0 Å². The third-order valence-electron chi connectivity index (χ3n) is 4.10. The number of aromatic nitrogens is 2. The molecule has 0 fully saturated rings. The molecule has 2 N–H and O–H groups in total. The maximum Gasteiger partial charge on any atom is 0.328 e. The van der Waals surface area contributed by atoms with E-state index >= 15 is 0 Å². The first-order valence-corrected chi connectivity index (χ1v) is 9.72. The third-order valence-corrected chi connectivity index (χ3v) is 4.68. The van der Waals surface area contributed by atoms with Crippen molar-refractivity contribution < 1.29 is 14.3 Å². The van der Waals surface area contributed by atoms with Crippen LogP contribution < -0.4 is 10.9 Å². The zero-order valence-corrected chi connectivity index (χ0v) is 16.4. The van der Waals surface area contributed by atoms with E-state index in [4.69, 9.17) is 4.74 Å². The largest absolute Gasteiger partial charge is 0.467 e. The number of aryl methyl sites for hydroxylation is 1. The van der Waals surface area contributed by atoms with Crippen molar-refractivity contribution in [3.8, 4) is 0 Å². The number of H-pyrrole nitrogens is 1. The van der Waals surface area contributed by atoms with Gasteiger partial charge >= 0.3 is 5.97 Å². The molecular weight excluding hydrogens is 366 g/mol. The monoisotopic (exact) mass is 389 g/mol. The van der Waals surface area contributed by atoms with Crippen LogP contribution in [0.5, 0.6) is 0 Å². The Kier molecular flexibility index (Phi) is 7.60. The van der Waals surface area contributed by atoms with Gasteiger partial charge in [0.2, 0.25) is 5.91 Å². The van der Waals surface area contributed by atoms with Crippen LogP contribution in [-0.4, -0.2) is 41.3 Å². The number of nitrogens with one attached hydrogen (secondary N) is 2. The fourth-order valence-electron chi connectivity index (χ4n) is 2.67. The number of carbonyl (C=O) groups excluding carboxylic acids is 2. The lowest BCUT2D eigenvalue weighted by molar-refractivity contribution is -0.145. The predicted molar refractivity (Wildman–Crippen MR) is 104 cm³/mol. The van der Waals surface area contributed by atoms with Gasteiger partial charge in [-0.3, -0.25) is 9.59 Å². The van der Waals surface area contributed by atoms with Crippen LogP contribution in [0, 0.1) is 6.92 Å². The van der Waals surface area contributed by atoms with E-state index in [1.165, 1.54) is 18.9 Å². The molecule has 1 heterocycles. The summed E-state index contributed by atoms with van der Waals surface area (Å²) in [5.41, 5.74) is 1.75. The lowest BCUT2D eigenvalue weighted by Crippen LogP contribution is -2.43. The summed E-state index contributed by atoms with van der Waals surface area (Å²) in [4.78, 5) is 43.4. The van der Waals surface area contributed by atoms with Crippen LogP contribution in [0.3, 0.4) is 0 Å². The Morgan fingerprint density at radius 3 is 2.59 bits per heavy atom. The summed E-state index contributed by atoms with van der Waals surface area (Å²) in [6.45, 7) is 1.74. The number of thioether (sulfide) groups is 1. The minimum Gasteiger partial charge on any atom is -0.467 e. The predicted octanol–water partition coefficient (Wildman–Crippen LogP) is 1.63. The zero-order chi connectivity index (χ0) is 19.8. The summed E-state index contributed by atoms with van der Waals surface area (Å²) in [7, 11) is 1.29. The molecule has 0 bridgehead atoms. The van der Waals surface area contributed by atoms with Crippen molar-refractivity contribution in [3.63, 3.8) is 0 Å². The molecule has 144 valence electrons. The number of nitrogens with zero attached hydrogens (tertiary/aromatic N) is 1. The Morgan fingerprint density at radius 2 is 2.00 bits per heavy atom. The highest BCUT2D eigenvalue weighted by Gasteiger charge is 2.22. The Balaban J connectivity index is 2.02. The van der Waals surface area contributed by atoms with Gasteiger partial charge in [0.15, 0.2) is 5.16 Å². The van der Waals surface area contributed by atoms with Crippen LogP contribution in [0.15, 0.2) is 40.3 Å². The molecule has 2 rings (SSSR count). The molecule has 0 aliphatic rings. The van der Waals surface area contributed by atoms with E-state index in [0.29, 0.717) is 22.8 Å². The summed E-state index contributed by atoms with van der Waals surface area (Å²) >= 11 is 1.35. The number of benzene rings is 1. The average molecular weight is 389 g/mol. The summed E-state index contributed by atoms with van der Waals surface area (Å²) in [6, 6.07) is 8.60. The van der Waals surface area contributed by atoms with Crippen molar-refractivity contribution in [2.24, 2.45) is 0 Å². The summed E-state index contributed by atoms with van der Waals surface area (Å²) in [5.74, 6) is -0.832. The van der Waals surface area contributed by atoms with Gasteiger partial charge in [-0.1, -0.05) is 42.1 Å². The van der Waals surface area contributed by atoms with Crippen molar-refractivity contribution in [2.45, 2.75) is 37.4 Å². The maximum atomic E-state index is 12.3. The summed E-state index contributed by atoms with van der Waals surface area (Å²) in [5, 5.41) is 3.24. The van der Waals surface area contributed by atoms with Gasteiger partial charge in [-0.05, 0) is 25.2 Å². The lowest BCUT2D eigenvalue weighted by atomic mass is 10.1. The molecule has 0 aliphatic carbocycles. The zero-order valence-electron chi connectivity index (χ0n) is 15.6. The molecule has 8 heteroatoms. The fourth-order valence-corrected chi connectivity index (χ4v) is 3.09. The number of aromatic amines is 1. The number of carbonyl (C=O) groups is 2. The Morgan fingerprint density at radius 1 is 1.30 bits per heavy atom. The Hall–Kier alpha value is -2.61. The summed E-state index contributed by atoms with van der Waals surface area (Å²) < 4.78 is 4.79. The number of hydrogen-bond donors (Lipinski definition) is 2. The minimum atomic E-state index is -0.777. The van der Waals surface area contributed by atoms with Crippen LogP contribution >= 0.6 is 11.8 Å². The second-order valence-corrected chi connectivity index (χ2v) is 6.77. The number of hydrogen-bond acceptors (Lipinski definition) is 6. The molecule has 1 amide bonds. The first-order valence-electron chi connectivity index (χ1n) is 8.49. The highest BCUT2D eigenvalue weighted by molar-refractivity contribution is 7.98. The molecule has 0 saturated heterocycles. The minimum absolute atomic E-state index is 0.0759. The van der Waals surface area contributed by atoms with Crippen molar-refractivity contribution in [2.75, 3.05) is 13.4 Å². The van der Waals surface area contributed by atoms with Gasteiger partial charge in [0, 0.05) is 24.1 Å². The lowest BCUT2D eigenvalue weighted by Gasteiger charge is -2.16. The van der Waals surface area contributed by atoms with E-state index in [1.807, 2.05) is 36.6 Å². The number of esters is 1. The molecule has 0 saturated carbocycles. The van der Waals surface area contributed by atoms with Crippen LogP contribution in [0.25, 0.3) is 0 Å². The van der Waals surface area contributed by atoms with E-state index in [0.717, 1.165) is 5.56 Å². The van der Waals surface area contributed by atoms with Gasteiger partial charge in [0.05, 0.1) is 7.11 Å². The van der Waals surface area contributed by atoms with Crippen LogP contribution in [-0.2, 0) is 27.2 Å². The van der Waals surface area contributed by atoms with Crippen molar-refractivity contribution in [1.82, 2.24) is 15.3 Å². The average Bonchev–Trinajstić information content (AvgIpc) is 2.66. The molecule has 7 nitrogen and oxygen atoms in total.